The lowest BCUT2D eigenvalue weighted by Crippen LogP contribution is -2.51. The van der Waals surface area contributed by atoms with Crippen LogP contribution < -0.4 is 5.32 Å². The van der Waals surface area contributed by atoms with Gasteiger partial charge in [0.1, 0.15) is 11.0 Å². The van der Waals surface area contributed by atoms with E-state index in [1.807, 2.05) is 30.3 Å². The van der Waals surface area contributed by atoms with E-state index in [2.05, 4.69) is 15.5 Å². The summed E-state index contributed by atoms with van der Waals surface area (Å²) in [4.78, 5) is 26.5. The van der Waals surface area contributed by atoms with Crippen LogP contribution >= 0.6 is 11.3 Å². The van der Waals surface area contributed by atoms with Gasteiger partial charge < -0.3 is 10.2 Å². The minimum atomic E-state index is -0.482. The number of nitrogens with one attached hydrogen (secondary N) is 1. The topological polar surface area (TPSA) is 75.2 Å². The molecule has 1 saturated heterocycles. The number of hydrogen-bond acceptors (Lipinski definition) is 5. The average molecular weight is 330 g/mol. The molecule has 1 aromatic carbocycles. The highest BCUT2D eigenvalue weighted by molar-refractivity contribution is 7.13. The molecule has 1 aliphatic rings. The first kappa shape index (κ1) is 15.6. The normalized spacial score (nSPS) is 18.0. The van der Waals surface area contributed by atoms with Crippen molar-refractivity contribution < 1.29 is 9.59 Å². The highest BCUT2D eigenvalue weighted by atomic mass is 32.1. The molecule has 1 unspecified atom stereocenters. The molecule has 0 spiro atoms. The molecular formula is C16H18N4O2S. The number of likely N-dealkylation sites (tertiary alicyclic amines) is 1. The van der Waals surface area contributed by atoms with Crippen LogP contribution in [-0.4, -0.2) is 39.5 Å². The summed E-state index contributed by atoms with van der Waals surface area (Å²) in [5.74, 6) is -0.356. The number of benzene rings is 1. The molecule has 2 amide bonds. The van der Waals surface area contributed by atoms with E-state index in [1.165, 1.54) is 11.3 Å². The van der Waals surface area contributed by atoms with Gasteiger partial charge in [0, 0.05) is 13.1 Å². The van der Waals surface area contributed by atoms with E-state index in [-0.39, 0.29) is 11.8 Å². The molecule has 1 N–H and O–H groups in total. The third-order valence-electron chi connectivity index (χ3n) is 3.77. The molecular weight excluding hydrogens is 312 g/mol. The van der Waals surface area contributed by atoms with Crippen molar-refractivity contribution >= 4 is 23.2 Å². The Bertz CT molecular complexity index is 701. The summed E-state index contributed by atoms with van der Waals surface area (Å²) < 4.78 is 0. The maximum atomic E-state index is 12.6. The summed E-state index contributed by atoms with van der Waals surface area (Å²) in [6.45, 7) is 3.09. The molecule has 3 rings (SSSR count). The highest BCUT2D eigenvalue weighted by Crippen LogP contribution is 2.16. The molecule has 0 aliphatic carbocycles. The summed E-state index contributed by atoms with van der Waals surface area (Å²) in [5, 5.41) is 11.5. The zero-order valence-corrected chi connectivity index (χ0v) is 13.7. The molecule has 1 aliphatic heterocycles. The predicted octanol–water partition coefficient (Wildman–Crippen LogP) is 1.77. The van der Waals surface area contributed by atoms with Crippen molar-refractivity contribution in [2.24, 2.45) is 0 Å². The van der Waals surface area contributed by atoms with Gasteiger partial charge >= 0.3 is 0 Å². The smallest absolute Gasteiger partial charge is 0.282 e. The number of amides is 2. The molecule has 1 atom stereocenters. The number of carbonyl (C=O) groups excluding carboxylic acids is 2. The summed E-state index contributed by atoms with van der Waals surface area (Å²) in [6.07, 6.45) is 1.53. The van der Waals surface area contributed by atoms with Crippen LogP contribution in [-0.2, 0) is 11.3 Å². The Kier molecular flexibility index (Phi) is 4.66. The van der Waals surface area contributed by atoms with E-state index in [0.717, 1.165) is 23.5 Å². The Morgan fingerprint density at radius 2 is 2.13 bits per heavy atom. The molecule has 120 valence electrons. The van der Waals surface area contributed by atoms with E-state index < -0.39 is 6.04 Å². The van der Waals surface area contributed by atoms with E-state index in [0.29, 0.717) is 18.0 Å². The van der Waals surface area contributed by atoms with Crippen LogP contribution in [0.25, 0.3) is 0 Å². The first-order valence-electron chi connectivity index (χ1n) is 7.57. The molecule has 0 bridgehead atoms. The second kappa shape index (κ2) is 6.87. The Morgan fingerprint density at radius 3 is 2.83 bits per heavy atom. The monoisotopic (exact) mass is 330 g/mol. The SMILES string of the molecule is Cc1nnc(C(=O)NC2CCCN(Cc3ccccc3)C2=O)s1. The van der Waals surface area contributed by atoms with Crippen LogP contribution in [0.15, 0.2) is 30.3 Å². The zero-order chi connectivity index (χ0) is 16.2. The van der Waals surface area contributed by atoms with Crippen LogP contribution in [0.4, 0.5) is 0 Å². The van der Waals surface area contributed by atoms with Gasteiger partial charge in [-0.15, -0.1) is 10.2 Å². The van der Waals surface area contributed by atoms with Gasteiger partial charge in [-0.3, -0.25) is 9.59 Å². The summed E-state index contributed by atoms with van der Waals surface area (Å²) >= 11 is 1.23. The number of aryl methyl sites for hydroxylation is 1. The number of hydrogen-bond donors (Lipinski definition) is 1. The van der Waals surface area contributed by atoms with Gasteiger partial charge in [0.05, 0.1) is 0 Å². The fraction of sp³-hybridized carbons (Fsp3) is 0.375. The third kappa shape index (κ3) is 3.73. The van der Waals surface area contributed by atoms with Crippen molar-refractivity contribution in [1.29, 1.82) is 0 Å². The van der Waals surface area contributed by atoms with Gasteiger partial charge in [-0.1, -0.05) is 41.7 Å². The molecule has 2 aromatic rings. The molecule has 6 nitrogen and oxygen atoms in total. The lowest BCUT2D eigenvalue weighted by atomic mass is 10.0. The predicted molar refractivity (Wildman–Crippen MR) is 87.0 cm³/mol. The average Bonchev–Trinajstić information content (AvgIpc) is 2.99. The Labute approximate surface area is 138 Å². The number of rotatable bonds is 4. The molecule has 0 saturated carbocycles. The summed E-state index contributed by atoms with van der Waals surface area (Å²) in [7, 11) is 0. The molecule has 1 aromatic heterocycles. The van der Waals surface area contributed by atoms with E-state index in [4.69, 9.17) is 0 Å². The van der Waals surface area contributed by atoms with Gasteiger partial charge in [0.25, 0.3) is 5.91 Å². The van der Waals surface area contributed by atoms with E-state index in [9.17, 15) is 9.59 Å². The van der Waals surface area contributed by atoms with E-state index in [1.54, 1.807) is 11.8 Å². The van der Waals surface area contributed by atoms with Crippen LogP contribution in [0, 0.1) is 6.92 Å². The Hall–Kier alpha value is -2.28. The standard InChI is InChI=1S/C16H18N4O2S/c1-11-18-19-15(23-11)14(21)17-13-8-5-9-20(16(13)22)10-12-6-3-2-4-7-12/h2-4,6-7,13H,5,8-10H2,1H3,(H,17,21). The fourth-order valence-corrected chi connectivity index (χ4v) is 3.24. The molecule has 7 heteroatoms. The maximum Gasteiger partial charge on any atom is 0.282 e. The zero-order valence-electron chi connectivity index (χ0n) is 12.9. The van der Waals surface area contributed by atoms with Crippen molar-refractivity contribution in [2.45, 2.75) is 32.4 Å². The minimum Gasteiger partial charge on any atom is -0.338 e. The lowest BCUT2D eigenvalue weighted by Gasteiger charge is -2.32. The van der Waals surface area contributed by atoms with Gasteiger partial charge in [0.2, 0.25) is 10.9 Å². The van der Waals surface area contributed by atoms with Gasteiger partial charge in [0.15, 0.2) is 0 Å². The van der Waals surface area contributed by atoms with Gasteiger partial charge in [-0.2, -0.15) is 0 Å². The Balaban J connectivity index is 1.64. The van der Waals surface area contributed by atoms with Crippen molar-refractivity contribution in [3.8, 4) is 0 Å². The molecule has 23 heavy (non-hydrogen) atoms. The van der Waals surface area contributed by atoms with Crippen LogP contribution in [0.1, 0.15) is 33.2 Å². The van der Waals surface area contributed by atoms with Crippen molar-refractivity contribution in [1.82, 2.24) is 20.4 Å². The summed E-state index contributed by atoms with van der Waals surface area (Å²) in [5.41, 5.74) is 1.09. The van der Waals surface area contributed by atoms with Crippen molar-refractivity contribution in [3.05, 3.63) is 45.9 Å². The summed E-state index contributed by atoms with van der Waals surface area (Å²) in [6, 6.07) is 9.39. The maximum absolute atomic E-state index is 12.6. The number of carbonyl (C=O) groups is 2. The lowest BCUT2D eigenvalue weighted by molar-refractivity contribution is -0.136. The van der Waals surface area contributed by atoms with Gasteiger partial charge in [-0.05, 0) is 25.3 Å². The number of nitrogens with zero attached hydrogens (tertiary/aromatic N) is 3. The Morgan fingerprint density at radius 1 is 1.35 bits per heavy atom. The van der Waals surface area contributed by atoms with Crippen LogP contribution in [0.2, 0.25) is 0 Å². The number of piperidine rings is 1. The second-order valence-electron chi connectivity index (χ2n) is 5.54. The van der Waals surface area contributed by atoms with E-state index >= 15 is 0 Å². The molecule has 0 radical (unpaired) electrons. The minimum absolute atomic E-state index is 0.0327. The molecule has 1 fully saturated rings. The first-order chi connectivity index (χ1) is 11.1. The molecule has 2 heterocycles. The number of aromatic nitrogens is 2. The second-order valence-corrected chi connectivity index (χ2v) is 6.72. The van der Waals surface area contributed by atoms with Crippen LogP contribution in [0.3, 0.4) is 0 Å². The highest BCUT2D eigenvalue weighted by Gasteiger charge is 2.30. The van der Waals surface area contributed by atoms with Crippen LogP contribution in [0.5, 0.6) is 0 Å². The quantitative estimate of drug-likeness (QED) is 0.927. The van der Waals surface area contributed by atoms with Crippen molar-refractivity contribution in [2.75, 3.05) is 6.54 Å². The van der Waals surface area contributed by atoms with Crippen molar-refractivity contribution in [3.63, 3.8) is 0 Å². The first-order valence-corrected chi connectivity index (χ1v) is 8.39. The third-order valence-corrected chi connectivity index (χ3v) is 4.61. The fourth-order valence-electron chi connectivity index (χ4n) is 2.64. The largest absolute Gasteiger partial charge is 0.338 e. The van der Waals surface area contributed by atoms with Gasteiger partial charge in [-0.25, -0.2) is 0 Å².